The van der Waals surface area contributed by atoms with E-state index in [0.717, 1.165) is 34.6 Å². The maximum absolute atomic E-state index is 13.5. The Kier molecular flexibility index (Phi) is 6.73. The minimum absolute atomic E-state index is 0.123. The Labute approximate surface area is 208 Å². The largest absolute Gasteiger partial charge is 0.395 e. The molecular formula is C28H28N6O2. The van der Waals surface area contributed by atoms with Crippen LogP contribution >= 0.6 is 0 Å². The molecule has 0 aliphatic rings. The van der Waals surface area contributed by atoms with E-state index in [2.05, 4.69) is 27.0 Å². The molecule has 0 spiro atoms. The molecule has 8 heteroatoms. The predicted molar refractivity (Wildman–Crippen MR) is 141 cm³/mol. The van der Waals surface area contributed by atoms with Crippen molar-refractivity contribution >= 4 is 11.2 Å². The third-order valence-electron chi connectivity index (χ3n) is 6.29. The third kappa shape index (κ3) is 4.57. The molecule has 0 bridgehead atoms. The van der Waals surface area contributed by atoms with Crippen molar-refractivity contribution in [1.82, 2.24) is 24.0 Å². The summed E-state index contributed by atoms with van der Waals surface area (Å²) in [6.45, 7) is 1.88. The van der Waals surface area contributed by atoms with E-state index < -0.39 is 0 Å². The van der Waals surface area contributed by atoms with Gasteiger partial charge >= 0.3 is 0 Å². The Morgan fingerprint density at radius 1 is 0.917 bits per heavy atom. The van der Waals surface area contributed by atoms with E-state index in [1.54, 1.807) is 10.9 Å². The van der Waals surface area contributed by atoms with E-state index in [1.165, 1.54) is 16.5 Å². The molecule has 2 heterocycles. The number of aliphatic hydroxyl groups is 1. The number of nitrogens with two attached hydrogens (primary N) is 1. The molecule has 8 nitrogen and oxygen atoms in total. The number of fused-ring (bicyclic) bond motifs is 1. The first-order valence-corrected chi connectivity index (χ1v) is 11.8. The number of benzene rings is 3. The average molecular weight is 481 g/mol. The van der Waals surface area contributed by atoms with Crippen molar-refractivity contribution in [3.63, 3.8) is 0 Å². The third-order valence-corrected chi connectivity index (χ3v) is 6.29. The SMILES string of the molecule is CN(CCO)Cc1ccccc1-c1ccc(-n2cnc3ncn(-c4cccc(CN)c4)c3c2=O)cc1. The Morgan fingerprint density at radius 2 is 1.67 bits per heavy atom. The minimum Gasteiger partial charge on any atom is -0.395 e. The Bertz CT molecular complexity index is 1550. The van der Waals surface area contributed by atoms with Gasteiger partial charge < -0.3 is 10.8 Å². The van der Waals surface area contributed by atoms with E-state index in [1.807, 2.05) is 67.7 Å². The molecule has 0 saturated carbocycles. The van der Waals surface area contributed by atoms with Gasteiger partial charge in [0, 0.05) is 25.3 Å². The highest BCUT2D eigenvalue weighted by Crippen LogP contribution is 2.26. The zero-order valence-electron chi connectivity index (χ0n) is 20.1. The maximum atomic E-state index is 13.5. The number of aliphatic hydroxyl groups excluding tert-OH is 1. The van der Waals surface area contributed by atoms with Crippen molar-refractivity contribution in [2.24, 2.45) is 5.73 Å². The van der Waals surface area contributed by atoms with Crippen LogP contribution in [0.4, 0.5) is 0 Å². The average Bonchev–Trinajstić information content (AvgIpc) is 3.35. The van der Waals surface area contributed by atoms with Gasteiger partial charge in [0.15, 0.2) is 11.2 Å². The predicted octanol–water partition coefficient (Wildman–Crippen LogP) is 3.12. The van der Waals surface area contributed by atoms with Crippen molar-refractivity contribution in [2.75, 3.05) is 20.2 Å². The number of imidazole rings is 1. The van der Waals surface area contributed by atoms with E-state index in [-0.39, 0.29) is 12.2 Å². The Balaban J connectivity index is 1.51. The summed E-state index contributed by atoms with van der Waals surface area (Å²) in [6.07, 6.45) is 3.14. The highest BCUT2D eigenvalue weighted by atomic mass is 16.3. The number of hydrogen-bond acceptors (Lipinski definition) is 6. The van der Waals surface area contributed by atoms with E-state index in [9.17, 15) is 9.90 Å². The number of nitrogens with zero attached hydrogens (tertiary/aromatic N) is 5. The van der Waals surface area contributed by atoms with Gasteiger partial charge in [-0.05, 0) is 53.6 Å². The first-order valence-electron chi connectivity index (χ1n) is 11.8. The lowest BCUT2D eigenvalue weighted by atomic mass is 9.99. The van der Waals surface area contributed by atoms with Crippen molar-refractivity contribution in [3.05, 3.63) is 107 Å². The van der Waals surface area contributed by atoms with Crippen molar-refractivity contribution in [1.29, 1.82) is 0 Å². The zero-order valence-corrected chi connectivity index (χ0v) is 20.1. The molecule has 0 aliphatic carbocycles. The molecule has 0 radical (unpaired) electrons. The van der Waals surface area contributed by atoms with Gasteiger partial charge in [-0.2, -0.15) is 0 Å². The molecule has 0 aliphatic heterocycles. The summed E-state index contributed by atoms with van der Waals surface area (Å²) in [4.78, 5) is 24.4. The fourth-order valence-corrected chi connectivity index (χ4v) is 4.41. The smallest absolute Gasteiger partial charge is 0.284 e. The fraction of sp³-hybridized carbons (Fsp3) is 0.179. The van der Waals surface area contributed by atoms with Gasteiger partial charge in [0.25, 0.3) is 5.56 Å². The lowest BCUT2D eigenvalue weighted by Gasteiger charge is -2.18. The van der Waals surface area contributed by atoms with Gasteiger partial charge in [-0.1, -0.05) is 48.5 Å². The van der Waals surface area contributed by atoms with Crippen LogP contribution in [-0.2, 0) is 13.1 Å². The van der Waals surface area contributed by atoms with Crippen LogP contribution < -0.4 is 11.3 Å². The summed E-state index contributed by atoms with van der Waals surface area (Å²) >= 11 is 0. The number of rotatable bonds is 8. The monoisotopic (exact) mass is 480 g/mol. The van der Waals surface area contributed by atoms with Crippen LogP contribution in [0.15, 0.2) is 90.2 Å². The first kappa shape index (κ1) is 23.6. The molecule has 5 rings (SSSR count). The minimum atomic E-state index is -0.200. The molecular weight excluding hydrogens is 452 g/mol. The van der Waals surface area contributed by atoms with Gasteiger partial charge in [0.1, 0.15) is 12.7 Å². The van der Waals surface area contributed by atoms with Crippen molar-refractivity contribution < 1.29 is 5.11 Å². The van der Waals surface area contributed by atoms with Crippen LogP contribution in [0.1, 0.15) is 11.1 Å². The van der Waals surface area contributed by atoms with Gasteiger partial charge in [0.05, 0.1) is 12.3 Å². The second-order valence-electron chi connectivity index (χ2n) is 8.75. The Morgan fingerprint density at radius 3 is 2.42 bits per heavy atom. The fourth-order valence-electron chi connectivity index (χ4n) is 4.41. The second-order valence-corrected chi connectivity index (χ2v) is 8.75. The van der Waals surface area contributed by atoms with E-state index in [0.29, 0.717) is 24.3 Å². The van der Waals surface area contributed by atoms with E-state index in [4.69, 9.17) is 5.73 Å². The summed E-state index contributed by atoms with van der Waals surface area (Å²) in [5, 5.41) is 9.23. The van der Waals surface area contributed by atoms with Crippen LogP contribution in [0, 0.1) is 0 Å². The summed E-state index contributed by atoms with van der Waals surface area (Å²) in [7, 11) is 1.99. The maximum Gasteiger partial charge on any atom is 0.284 e. The Hall–Kier alpha value is -4.11. The molecule has 3 aromatic carbocycles. The molecule has 5 aromatic rings. The number of likely N-dealkylation sites (N-methyl/N-ethyl adjacent to an activating group) is 1. The van der Waals surface area contributed by atoms with Crippen LogP contribution in [-0.4, -0.2) is 49.3 Å². The van der Waals surface area contributed by atoms with Gasteiger partial charge in [0.2, 0.25) is 0 Å². The van der Waals surface area contributed by atoms with Crippen LogP contribution in [0.3, 0.4) is 0 Å². The highest BCUT2D eigenvalue weighted by molar-refractivity contribution is 5.73. The summed E-state index contributed by atoms with van der Waals surface area (Å²) < 4.78 is 3.30. The van der Waals surface area contributed by atoms with Crippen LogP contribution in [0.25, 0.3) is 33.7 Å². The topological polar surface area (TPSA) is 102 Å². The molecule has 3 N–H and O–H groups in total. The molecule has 36 heavy (non-hydrogen) atoms. The van der Waals surface area contributed by atoms with Crippen LogP contribution in [0.2, 0.25) is 0 Å². The lowest BCUT2D eigenvalue weighted by molar-refractivity contribution is 0.217. The van der Waals surface area contributed by atoms with Crippen LogP contribution in [0.5, 0.6) is 0 Å². The first-order chi connectivity index (χ1) is 17.6. The number of hydrogen-bond donors (Lipinski definition) is 2. The van der Waals surface area contributed by atoms with Crippen molar-refractivity contribution in [3.8, 4) is 22.5 Å². The standard InChI is InChI=1S/C28H28N6O2/c1-32(13-14-35)17-22-6-2-3-8-25(22)21-9-11-23(12-10-21)34-19-31-27-26(28(34)36)33(18-30-27)24-7-4-5-20(15-24)16-29/h2-12,15,18-19,35H,13-14,16-17,29H2,1H3. The molecule has 0 atom stereocenters. The molecule has 0 saturated heterocycles. The molecule has 0 fully saturated rings. The quantitative estimate of drug-likeness (QED) is 0.354. The second kappa shape index (κ2) is 10.2. The van der Waals surface area contributed by atoms with Gasteiger partial charge in [-0.3, -0.25) is 18.8 Å². The molecule has 0 unspecified atom stereocenters. The normalized spacial score (nSPS) is 11.4. The van der Waals surface area contributed by atoms with Gasteiger partial charge in [-0.25, -0.2) is 9.97 Å². The van der Waals surface area contributed by atoms with E-state index >= 15 is 0 Å². The summed E-state index contributed by atoms with van der Waals surface area (Å²) in [6, 6.07) is 23.8. The molecule has 2 aromatic heterocycles. The lowest BCUT2D eigenvalue weighted by Crippen LogP contribution is -2.21. The summed E-state index contributed by atoms with van der Waals surface area (Å²) in [5.41, 5.74) is 12.3. The highest BCUT2D eigenvalue weighted by Gasteiger charge is 2.14. The molecule has 182 valence electrons. The van der Waals surface area contributed by atoms with Gasteiger partial charge in [-0.15, -0.1) is 0 Å². The summed E-state index contributed by atoms with van der Waals surface area (Å²) in [5.74, 6) is 0. The zero-order chi connectivity index (χ0) is 25.1. The molecule has 0 amide bonds. The number of aromatic nitrogens is 4. The van der Waals surface area contributed by atoms with Crippen molar-refractivity contribution in [2.45, 2.75) is 13.1 Å².